The van der Waals surface area contributed by atoms with Crippen molar-refractivity contribution in [3.63, 3.8) is 0 Å². The summed E-state index contributed by atoms with van der Waals surface area (Å²) in [5.74, 6) is -0.896. The summed E-state index contributed by atoms with van der Waals surface area (Å²) in [6.45, 7) is 5.29. The SMILES string of the molecule is CC(C)(C)OC(=O)N[C@@H](CN)C(=O)O.[NH-]CCc1ccc(O)cc1. The first-order chi connectivity index (χ1) is 11.1. The minimum atomic E-state index is -1.18. The molecule has 0 heterocycles. The third-order valence-electron chi connectivity index (χ3n) is 2.57. The first-order valence-corrected chi connectivity index (χ1v) is 7.44. The lowest BCUT2D eigenvalue weighted by atomic mass is 10.1. The number of phenols is 1. The Bertz CT molecular complexity index is 511. The van der Waals surface area contributed by atoms with Gasteiger partial charge in [-0.25, -0.2) is 9.59 Å². The van der Waals surface area contributed by atoms with Crippen molar-refractivity contribution in [3.8, 4) is 5.75 Å². The van der Waals surface area contributed by atoms with E-state index in [9.17, 15) is 9.59 Å². The molecule has 0 aliphatic heterocycles. The Balaban J connectivity index is 0.000000463. The lowest BCUT2D eigenvalue weighted by molar-refractivity contribution is -0.139. The summed E-state index contributed by atoms with van der Waals surface area (Å²) in [6.07, 6.45) is -0.0179. The van der Waals surface area contributed by atoms with Crippen molar-refractivity contribution < 1.29 is 24.5 Å². The highest BCUT2D eigenvalue weighted by Crippen LogP contribution is 2.09. The Kier molecular flexibility index (Phi) is 9.44. The maximum absolute atomic E-state index is 11.1. The van der Waals surface area contributed by atoms with Crippen molar-refractivity contribution in [2.45, 2.75) is 38.8 Å². The number of carbonyl (C=O) groups excluding carboxylic acids is 1. The number of rotatable bonds is 5. The number of amides is 1. The highest BCUT2D eigenvalue weighted by Gasteiger charge is 2.22. The minimum absolute atomic E-state index is 0.172. The number of nitrogens with one attached hydrogen (secondary N) is 2. The van der Waals surface area contributed by atoms with Gasteiger partial charge in [-0.15, -0.1) is 6.54 Å². The molecule has 0 aromatic heterocycles. The fraction of sp³-hybridized carbons (Fsp3) is 0.500. The zero-order valence-corrected chi connectivity index (χ0v) is 14.2. The second-order valence-corrected chi connectivity index (χ2v) is 5.94. The van der Waals surface area contributed by atoms with E-state index >= 15 is 0 Å². The van der Waals surface area contributed by atoms with Crippen molar-refractivity contribution >= 4 is 12.1 Å². The third-order valence-corrected chi connectivity index (χ3v) is 2.57. The second-order valence-electron chi connectivity index (χ2n) is 5.94. The van der Waals surface area contributed by atoms with Crippen LogP contribution in [0, 0.1) is 0 Å². The molecule has 136 valence electrons. The highest BCUT2D eigenvalue weighted by atomic mass is 16.6. The molecule has 0 bridgehead atoms. The maximum Gasteiger partial charge on any atom is 0.408 e. The van der Waals surface area contributed by atoms with Crippen LogP contribution in [-0.2, 0) is 16.0 Å². The van der Waals surface area contributed by atoms with E-state index < -0.39 is 23.7 Å². The van der Waals surface area contributed by atoms with Gasteiger partial charge in [0.1, 0.15) is 17.4 Å². The van der Waals surface area contributed by atoms with E-state index in [2.05, 4.69) is 5.32 Å². The van der Waals surface area contributed by atoms with Gasteiger partial charge in [-0.05, 0) is 44.9 Å². The van der Waals surface area contributed by atoms with Crippen molar-refractivity contribution in [2.75, 3.05) is 13.1 Å². The minimum Gasteiger partial charge on any atom is -0.677 e. The van der Waals surface area contributed by atoms with Crippen LogP contribution in [0.25, 0.3) is 5.73 Å². The lowest BCUT2D eigenvalue weighted by Gasteiger charge is -2.21. The molecule has 1 rings (SSSR count). The van der Waals surface area contributed by atoms with Gasteiger partial charge in [0, 0.05) is 6.54 Å². The Labute approximate surface area is 141 Å². The zero-order valence-electron chi connectivity index (χ0n) is 14.2. The van der Waals surface area contributed by atoms with Gasteiger partial charge in [-0.1, -0.05) is 12.1 Å². The lowest BCUT2D eigenvalue weighted by Crippen LogP contribution is -2.47. The number of ether oxygens (including phenoxy) is 1. The van der Waals surface area contributed by atoms with Crippen LogP contribution in [0.5, 0.6) is 5.75 Å². The molecule has 0 radical (unpaired) electrons. The number of phenolic OH excluding ortho intramolecular Hbond substituents is 1. The predicted octanol–water partition coefficient (Wildman–Crippen LogP) is 1.91. The molecular formula is C16H26N3O5-. The Morgan fingerprint density at radius 2 is 1.83 bits per heavy atom. The van der Waals surface area contributed by atoms with Crippen LogP contribution in [0.2, 0.25) is 0 Å². The molecule has 0 fully saturated rings. The molecular weight excluding hydrogens is 314 g/mol. The number of hydrogen-bond acceptors (Lipinski definition) is 5. The predicted molar refractivity (Wildman–Crippen MR) is 90.8 cm³/mol. The van der Waals surface area contributed by atoms with Crippen LogP contribution >= 0.6 is 0 Å². The van der Waals surface area contributed by atoms with Gasteiger partial charge < -0.3 is 31.7 Å². The maximum atomic E-state index is 11.1. The van der Waals surface area contributed by atoms with Gasteiger partial charge >= 0.3 is 12.1 Å². The van der Waals surface area contributed by atoms with Crippen LogP contribution in [0.15, 0.2) is 24.3 Å². The van der Waals surface area contributed by atoms with E-state index in [0.29, 0.717) is 6.54 Å². The summed E-state index contributed by atoms with van der Waals surface area (Å²) >= 11 is 0. The monoisotopic (exact) mass is 340 g/mol. The zero-order chi connectivity index (χ0) is 18.8. The average Bonchev–Trinajstić information content (AvgIpc) is 2.46. The smallest absolute Gasteiger partial charge is 0.408 e. The molecule has 1 aromatic rings. The number of aliphatic carboxylic acids is 1. The van der Waals surface area contributed by atoms with E-state index in [-0.39, 0.29) is 12.3 Å². The van der Waals surface area contributed by atoms with E-state index in [0.717, 1.165) is 12.0 Å². The molecule has 1 aromatic carbocycles. The molecule has 24 heavy (non-hydrogen) atoms. The van der Waals surface area contributed by atoms with Crippen molar-refractivity contribution in [3.05, 3.63) is 35.6 Å². The first kappa shape index (κ1) is 21.7. The first-order valence-electron chi connectivity index (χ1n) is 7.44. The summed E-state index contributed by atoms with van der Waals surface area (Å²) < 4.78 is 4.85. The van der Waals surface area contributed by atoms with Gasteiger partial charge in [0.15, 0.2) is 0 Å². The number of aromatic hydroxyl groups is 1. The van der Waals surface area contributed by atoms with Gasteiger partial charge in [-0.3, -0.25) is 0 Å². The van der Waals surface area contributed by atoms with Crippen LogP contribution in [0.4, 0.5) is 4.79 Å². The van der Waals surface area contributed by atoms with Gasteiger partial charge in [0.2, 0.25) is 0 Å². The third kappa shape index (κ3) is 10.4. The molecule has 8 heteroatoms. The number of carboxylic acid groups (broad SMARTS) is 1. The number of nitrogens with two attached hydrogens (primary N) is 1. The van der Waals surface area contributed by atoms with E-state index in [4.69, 9.17) is 26.4 Å². The number of alkyl carbamates (subject to hydrolysis) is 1. The topological polar surface area (TPSA) is 146 Å². The fourth-order valence-corrected chi connectivity index (χ4v) is 1.48. The Hall–Kier alpha value is -2.32. The van der Waals surface area contributed by atoms with Crippen molar-refractivity contribution in [1.82, 2.24) is 5.32 Å². The number of carboxylic acids is 1. The molecule has 0 unspecified atom stereocenters. The Morgan fingerprint density at radius 1 is 1.29 bits per heavy atom. The molecule has 0 saturated carbocycles. The van der Waals surface area contributed by atoms with Crippen molar-refractivity contribution in [1.29, 1.82) is 0 Å². The van der Waals surface area contributed by atoms with E-state index in [1.165, 1.54) is 0 Å². The quantitative estimate of drug-likeness (QED) is 0.644. The van der Waals surface area contributed by atoms with Crippen molar-refractivity contribution in [2.24, 2.45) is 5.73 Å². The summed E-state index contributed by atoms with van der Waals surface area (Å²) in [7, 11) is 0. The molecule has 1 atom stereocenters. The molecule has 8 nitrogen and oxygen atoms in total. The summed E-state index contributed by atoms with van der Waals surface area (Å²) in [6, 6.07) is 5.86. The van der Waals surface area contributed by atoms with Crippen LogP contribution < -0.4 is 11.1 Å². The standard InChI is InChI=1S/C8H16N2O4.C8H10NO/c1-8(2,3)14-7(13)10-5(4-9)6(11)12;9-6-5-7-1-3-8(10)4-2-7/h5H,4,9H2,1-3H3,(H,10,13)(H,11,12);1-4,9-10H,5-6H2/q;-1/t5-;/m0./s1. The van der Waals surface area contributed by atoms with Crippen LogP contribution in [0.1, 0.15) is 26.3 Å². The number of carbonyl (C=O) groups is 2. The van der Waals surface area contributed by atoms with E-state index in [1.54, 1.807) is 32.9 Å². The van der Waals surface area contributed by atoms with Gasteiger partial charge in [0.05, 0.1) is 0 Å². The molecule has 0 saturated heterocycles. The summed E-state index contributed by atoms with van der Waals surface area (Å²) in [4.78, 5) is 21.6. The number of hydrogen-bond donors (Lipinski definition) is 4. The molecule has 0 spiro atoms. The van der Waals surface area contributed by atoms with E-state index in [1.807, 2.05) is 12.1 Å². The fourth-order valence-electron chi connectivity index (χ4n) is 1.48. The average molecular weight is 340 g/mol. The van der Waals surface area contributed by atoms with Gasteiger partial charge in [-0.2, -0.15) is 0 Å². The Morgan fingerprint density at radius 3 is 2.21 bits per heavy atom. The second kappa shape index (κ2) is 10.5. The van der Waals surface area contributed by atoms with Crippen LogP contribution in [0.3, 0.4) is 0 Å². The molecule has 1 amide bonds. The van der Waals surface area contributed by atoms with Crippen LogP contribution in [-0.4, -0.2) is 47.0 Å². The molecule has 0 aliphatic rings. The summed E-state index contributed by atoms with van der Waals surface area (Å²) in [5.41, 5.74) is 12.5. The normalized spacial score (nSPS) is 11.7. The largest absolute Gasteiger partial charge is 0.677 e. The summed E-state index contributed by atoms with van der Waals surface area (Å²) in [5, 5.41) is 19.6. The number of benzene rings is 1. The highest BCUT2D eigenvalue weighted by molar-refractivity contribution is 5.80. The van der Waals surface area contributed by atoms with Gasteiger partial charge in [0.25, 0.3) is 0 Å². The molecule has 0 aliphatic carbocycles. The molecule has 6 N–H and O–H groups in total.